The molecule has 0 aliphatic rings. The Morgan fingerprint density at radius 1 is 1.12 bits per heavy atom. The average Bonchev–Trinajstić information content (AvgIpc) is 2.61. The third-order valence-electron chi connectivity index (χ3n) is 3.57. The Labute approximate surface area is 142 Å². The molecular formula is C18H21N3O3. The van der Waals surface area contributed by atoms with Crippen LogP contribution in [0.4, 0.5) is 0 Å². The van der Waals surface area contributed by atoms with E-state index in [9.17, 15) is 9.59 Å². The van der Waals surface area contributed by atoms with E-state index in [2.05, 4.69) is 0 Å². The fourth-order valence-electron chi connectivity index (χ4n) is 2.28. The summed E-state index contributed by atoms with van der Waals surface area (Å²) < 4.78 is 5.16. The molecule has 0 aliphatic carbocycles. The van der Waals surface area contributed by atoms with Gasteiger partial charge in [0, 0.05) is 13.1 Å². The van der Waals surface area contributed by atoms with Crippen LogP contribution in [0.1, 0.15) is 37.7 Å². The number of rotatable bonds is 9. The molecule has 1 atom stereocenters. The Kier molecular flexibility index (Phi) is 8.63. The molecule has 24 heavy (non-hydrogen) atoms. The molecule has 126 valence electrons. The predicted octanol–water partition coefficient (Wildman–Crippen LogP) is 2.38. The van der Waals surface area contributed by atoms with Gasteiger partial charge in [-0.2, -0.15) is 10.5 Å². The summed E-state index contributed by atoms with van der Waals surface area (Å²) >= 11 is 0. The summed E-state index contributed by atoms with van der Waals surface area (Å²) in [5.74, 6) is -1.25. The standard InChI is InChI=1S/C18H21N3O3/c1-2-16(15-8-4-3-5-9-15)18(23)24-14-17(22)21(12-6-10-19)13-7-11-20/h3-5,8-9,16H,2,6-7,12-14H2,1H3. The Balaban J connectivity index is 2.61. The number of carbonyl (C=O) groups excluding carboxylic acids is 2. The molecule has 1 unspecified atom stereocenters. The van der Waals surface area contributed by atoms with Gasteiger partial charge in [0.05, 0.1) is 30.9 Å². The number of hydrogen-bond donors (Lipinski definition) is 0. The van der Waals surface area contributed by atoms with E-state index in [0.717, 1.165) is 5.56 Å². The van der Waals surface area contributed by atoms with Crippen LogP contribution in [-0.2, 0) is 14.3 Å². The zero-order chi connectivity index (χ0) is 17.8. The Morgan fingerprint density at radius 2 is 1.71 bits per heavy atom. The molecule has 0 fully saturated rings. The first-order chi connectivity index (χ1) is 11.6. The van der Waals surface area contributed by atoms with E-state index in [0.29, 0.717) is 6.42 Å². The lowest BCUT2D eigenvalue weighted by Gasteiger charge is -2.21. The van der Waals surface area contributed by atoms with Gasteiger partial charge in [0.2, 0.25) is 0 Å². The first-order valence-corrected chi connectivity index (χ1v) is 7.87. The smallest absolute Gasteiger partial charge is 0.313 e. The minimum absolute atomic E-state index is 0.173. The molecule has 1 aromatic rings. The molecule has 0 saturated carbocycles. The van der Waals surface area contributed by atoms with Crippen molar-refractivity contribution in [3.05, 3.63) is 35.9 Å². The van der Waals surface area contributed by atoms with E-state index in [1.807, 2.05) is 49.4 Å². The Bertz CT molecular complexity index is 599. The lowest BCUT2D eigenvalue weighted by Crippen LogP contribution is -2.36. The average molecular weight is 327 g/mol. The molecule has 0 aromatic heterocycles. The molecule has 6 heteroatoms. The molecule has 0 N–H and O–H groups in total. The molecule has 0 aliphatic heterocycles. The molecule has 0 radical (unpaired) electrons. The highest BCUT2D eigenvalue weighted by Gasteiger charge is 2.22. The summed E-state index contributed by atoms with van der Waals surface area (Å²) in [5, 5.41) is 17.3. The van der Waals surface area contributed by atoms with Crippen LogP contribution in [0.3, 0.4) is 0 Å². The number of benzene rings is 1. The molecular weight excluding hydrogens is 306 g/mol. The SMILES string of the molecule is CCC(C(=O)OCC(=O)N(CCC#N)CCC#N)c1ccccc1. The summed E-state index contributed by atoms with van der Waals surface area (Å²) in [7, 11) is 0. The summed E-state index contributed by atoms with van der Waals surface area (Å²) in [6.07, 6.45) is 0.920. The Hall–Kier alpha value is -2.86. The van der Waals surface area contributed by atoms with E-state index in [-0.39, 0.29) is 32.5 Å². The van der Waals surface area contributed by atoms with E-state index < -0.39 is 17.8 Å². The largest absolute Gasteiger partial charge is 0.455 e. The number of ether oxygens (including phenoxy) is 1. The van der Waals surface area contributed by atoms with E-state index in [4.69, 9.17) is 15.3 Å². The van der Waals surface area contributed by atoms with Crippen LogP contribution in [-0.4, -0.2) is 36.5 Å². The molecule has 0 bridgehead atoms. The highest BCUT2D eigenvalue weighted by molar-refractivity contribution is 5.83. The predicted molar refractivity (Wildman–Crippen MR) is 87.5 cm³/mol. The van der Waals surface area contributed by atoms with Crippen LogP contribution in [0.25, 0.3) is 0 Å². The van der Waals surface area contributed by atoms with E-state index in [1.54, 1.807) is 0 Å². The third-order valence-corrected chi connectivity index (χ3v) is 3.57. The number of carbonyl (C=O) groups is 2. The van der Waals surface area contributed by atoms with Crippen molar-refractivity contribution in [2.75, 3.05) is 19.7 Å². The quantitative estimate of drug-likeness (QED) is 0.649. The molecule has 0 spiro atoms. The first-order valence-electron chi connectivity index (χ1n) is 7.87. The topological polar surface area (TPSA) is 94.2 Å². The number of amides is 1. The third kappa shape index (κ3) is 6.10. The number of nitrogens with zero attached hydrogens (tertiary/aromatic N) is 3. The second kappa shape index (κ2) is 10.8. The second-order valence-electron chi connectivity index (χ2n) is 5.18. The number of hydrogen-bond acceptors (Lipinski definition) is 5. The number of nitriles is 2. The van der Waals surface area contributed by atoms with Gasteiger partial charge in [-0.15, -0.1) is 0 Å². The van der Waals surface area contributed by atoms with Crippen molar-refractivity contribution < 1.29 is 14.3 Å². The maximum atomic E-state index is 12.2. The van der Waals surface area contributed by atoms with Crippen molar-refractivity contribution in [2.24, 2.45) is 0 Å². The van der Waals surface area contributed by atoms with E-state index >= 15 is 0 Å². The van der Waals surface area contributed by atoms with Crippen LogP contribution in [0, 0.1) is 22.7 Å². The molecule has 0 saturated heterocycles. The first kappa shape index (κ1) is 19.2. The van der Waals surface area contributed by atoms with Crippen molar-refractivity contribution in [2.45, 2.75) is 32.1 Å². The summed E-state index contributed by atoms with van der Waals surface area (Å²) in [4.78, 5) is 25.7. The van der Waals surface area contributed by atoms with Gasteiger partial charge in [0.15, 0.2) is 6.61 Å². The van der Waals surface area contributed by atoms with Crippen molar-refractivity contribution in [3.63, 3.8) is 0 Å². The van der Waals surface area contributed by atoms with Crippen LogP contribution in [0.2, 0.25) is 0 Å². The van der Waals surface area contributed by atoms with Crippen molar-refractivity contribution in [3.8, 4) is 12.1 Å². The second-order valence-corrected chi connectivity index (χ2v) is 5.18. The van der Waals surface area contributed by atoms with Gasteiger partial charge in [0.1, 0.15) is 0 Å². The summed E-state index contributed by atoms with van der Waals surface area (Å²) in [5.41, 5.74) is 0.850. The van der Waals surface area contributed by atoms with Gasteiger partial charge in [-0.1, -0.05) is 37.3 Å². The summed E-state index contributed by atoms with van der Waals surface area (Å²) in [6, 6.07) is 13.2. The van der Waals surface area contributed by atoms with E-state index in [1.165, 1.54) is 4.90 Å². The van der Waals surface area contributed by atoms with Gasteiger partial charge in [-0.3, -0.25) is 9.59 Å². The van der Waals surface area contributed by atoms with Crippen molar-refractivity contribution in [1.29, 1.82) is 10.5 Å². The lowest BCUT2D eigenvalue weighted by molar-refractivity contribution is -0.153. The maximum Gasteiger partial charge on any atom is 0.313 e. The fourth-order valence-corrected chi connectivity index (χ4v) is 2.28. The fraction of sp³-hybridized carbons (Fsp3) is 0.444. The normalized spacial score (nSPS) is 11.0. The van der Waals surface area contributed by atoms with Crippen molar-refractivity contribution >= 4 is 11.9 Å². The lowest BCUT2D eigenvalue weighted by atomic mass is 9.97. The maximum absolute atomic E-state index is 12.2. The molecule has 1 amide bonds. The zero-order valence-electron chi connectivity index (χ0n) is 13.8. The number of esters is 1. The van der Waals surface area contributed by atoms with Gasteiger partial charge >= 0.3 is 5.97 Å². The minimum atomic E-state index is -0.447. The van der Waals surface area contributed by atoms with Gasteiger partial charge in [0.25, 0.3) is 5.91 Å². The highest BCUT2D eigenvalue weighted by atomic mass is 16.5. The Morgan fingerprint density at radius 3 is 2.21 bits per heavy atom. The van der Waals surface area contributed by atoms with Crippen LogP contribution < -0.4 is 0 Å². The molecule has 1 aromatic carbocycles. The van der Waals surface area contributed by atoms with Crippen LogP contribution in [0.15, 0.2) is 30.3 Å². The molecule has 6 nitrogen and oxygen atoms in total. The highest BCUT2D eigenvalue weighted by Crippen LogP contribution is 2.20. The molecule has 0 heterocycles. The summed E-state index contributed by atoms with van der Waals surface area (Å²) in [6.45, 7) is 1.96. The van der Waals surface area contributed by atoms with Crippen LogP contribution in [0.5, 0.6) is 0 Å². The van der Waals surface area contributed by atoms with Crippen molar-refractivity contribution in [1.82, 2.24) is 4.90 Å². The monoisotopic (exact) mass is 327 g/mol. The van der Waals surface area contributed by atoms with Gasteiger partial charge < -0.3 is 9.64 Å². The minimum Gasteiger partial charge on any atom is -0.455 e. The molecule has 1 rings (SSSR count). The van der Waals surface area contributed by atoms with Gasteiger partial charge in [-0.25, -0.2) is 0 Å². The van der Waals surface area contributed by atoms with Gasteiger partial charge in [-0.05, 0) is 12.0 Å². The zero-order valence-corrected chi connectivity index (χ0v) is 13.8. The van der Waals surface area contributed by atoms with Crippen LogP contribution >= 0.6 is 0 Å².